The number of amidine groups is 1. The maximum Gasteiger partial charge on any atom is 0.192 e. The zero-order valence-corrected chi connectivity index (χ0v) is 15.7. The minimum atomic E-state index is 0. The summed E-state index contributed by atoms with van der Waals surface area (Å²) in [5, 5.41) is 3.51. The topological polar surface area (TPSA) is 32.7 Å². The molecule has 0 bridgehead atoms. The number of halogens is 2. The van der Waals surface area contributed by atoms with Gasteiger partial charge in [-0.05, 0) is 35.7 Å². The van der Waals surface area contributed by atoms with Crippen LogP contribution in [0.25, 0.3) is 0 Å². The molecular weight excluding hydrogens is 404 g/mol. The number of thioether (sulfide) groups is 1. The number of nitrogens with zero attached hydrogens (tertiary/aromatic N) is 2. The molecule has 2 aromatic rings. The van der Waals surface area contributed by atoms with Gasteiger partial charge in [0.05, 0.1) is 18.0 Å². The fraction of sp³-hybridized carbons (Fsp3) is 0.200. The van der Waals surface area contributed by atoms with Crippen LogP contribution in [0.3, 0.4) is 0 Å². The number of anilines is 1. The van der Waals surface area contributed by atoms with E-state index in [-0.39, 0.29) is 22.8 Å². The number of Topliss-reactive ketones (excluding diaryl/α,β-unsaturated/α-hetero) is 1. The minimum absolute atomic E-state index is 0. The molecule has 1 aliphatic rings. The maximum atomic E-state index is 12.4. The van der Waals surface area contributed by atoms with E-state index in [1.54, 1.807) is 11.8 Å². The first-order valence-electron chi connectivity index (χ1n) is 6.51. The van der Waals surface area contributed by atoms with Gasteiger partial charge >= 0.3 is 0 Å². The standard InChI is InChI=1S/C15H13ClN2OS2.BrH/c16-11-3-5-12(6-4-11)18(15-17-7-9-21-15)10-13(19)14-2-1-8-20-14;/h1-6,8H,7,9-10H2;1H. The van der Waals surface area contributed by atoms with Gasteiger partial charge in [0.25, 0.3) is 0 Å². The van der Waals surface area contributed by atoms with Crippen LogP contribution in [0, 0.1) is 0 Å². The molecule has 0 fully saturated rings. The van der Waals surface area contributed by atoms with Gasteiger partial charge in [-0.3, -0.25) is 9.79 Å². The Balaban J connectivity index is 0.00000176. The highest BCUT2D eigenvalue weighted by Crippen LogP contribution is 2.25. The predicted octanol–water partition coefficient (Wildman–Crippen LogP) is 4.77. The first kappa shape index (κ1) is 17.5. The maximum absolute atomic E-state index is 12.4. The second kappa shape index (κ2) is 8.15. The van der Waals surface area contributed by atoms with Crippen molar-refractivity contribution in [3.63, 3.8) is 0 Å². The summed E-state index contributed by atoms with van der Waals surface area (Å²) in [6.07, 6.45) is 0. The van der Waals surface area contributed by atoms with Crippen LogP contribution in [0.15, 0.2) is 46.8 Å². The van der Waals surface area contributed by atoms with Crippen LogP contribution in [-0.2, 0) is 0 Å². The molecule has 0 saturated heterocycles. The Kier molecular flexibility index (Phi) is 6.50. The Bertz CT molecular complexity index is 659. The molecule has 2 heterocycles. The molecular formula is C15H14BrClN2OS2. The molecule has 1 aromatic heterocycles. The molecule has 0 atom stereocenters. The van der Waals surface area contributed by atoms with Crippen molar-refractivity contribution < 1.29 is 4.79 Å². The van der Waals surface area contributed by atoms with Crippen LogP contribution < -0.4 is 4.90 Å². The van der Waals surface area contributed by atoms with Crippen molar-refractivity contribution in [3.8, 4) is 0 Å². The monoisotopic (exact) mass is 416 g/mol. The first-order chi connectivity index (χ1) is 10.2. The van der Waals surface area contributed by atoms with Crippen LogP contribution >= 0.6 is 51.7 Å². The van der Waals surface area contributed by atoms with Gasteiger partial charge in [-0.25, -0.2) is 0 Å². The number of ketones is 1. The van der Waals surface area contributed by atoms with Crippen LogP contribution in [-0.4, -0.2) is 29.8 Å². The molecule has 116 valence electrons. The summed E-state index contributed by atoms with van der Waals surface area (Å²) in [5.41, 5.74) is 0.942. The summed E-state index contributed by atoms with van der Waals surface area (Å²) >= 11 is 9.10. The highest BCUT2D eigenvalue weighted by atomic mass is 79.9. The van der Waals surface area contributed by atoms with E-state index in [2.05, 4.69) is 4.99 Å². The van der Waals surface area contributed by atoms with Crippen molar-refractivity contribution in [1.82, 2.24) is 0 Å². The van der Waals surface area contributed by atoms with Gasteiger partial charge in [-0.2, -0.15) is 0 Å². The summed E-state index contributed by atoms with van der Waals surface area (Å²) in [6, 6.07) is 11.3. The van der Waals surface area contributed by atoms with Gasteiger partial charge in [-0.1, -0.05) is 29.4 Å². The third kappa shape index (κ3) is 4.13. The van der Waals surface area contributed by atoms with Gasteiger partial charge in [0.15, 0.2) is 11.0 Å². The average molecular weight is 418 g/mol. The molecule has 0 aliphatic carbocycles. The average Bonchev–Trinajstić information content (AvgIpc) is 3.19. The molecule has 7 heteroatoms. The van der Waals surface area contributed by atoms with Crippen LogP contribution in [0.1, 0.15) is 9.67 Å². The highest BCUT2D eigenvalue weighted by Gasteiger charge is 2.21. The quantitative estimate of drug-likeness (QED) is 0.672. The molecule has 0 N–H and O–H groups in total. The Morgan fingerprint density at radius 1 is 1.27 bits per heavy atom. The SMILES string of the molecule is Br.O=C(CN(C1=NCCS1)c1ccc(Cl)cc1)c1cccs1. The molecule has 1 aliphatic heterocycles. The molecule has 3 rings (SSSR count). The van der Waals surface area contributed by atoms with E-state index in [4.69, 9.17) is 11.6 Å². The van der Waals surface area contributed by atoms with E-state index >= 15 is 0 Å². The predicted molar refractivity (Wildman–Crippen MR) is 103 cm³/mol. The third-order valence-corrected chi connectivity index (χ3v) is 5.19. The number of aliphatic imine (C=N–C) groups is 1. The van der Waals surface area contributed by atoms with Crippen molar-refractivity contribution in [2.24, 2.45) is 4.99 Å². The van der Waals surface area contributed by atoms with Crippen LogP contribution in [0.2, 0.25) is 5.02 Å². The van der Waals surface area contributed by atoms with Crippen LogP contribution in [0.4, 0.5) is 5.69 Å². The van der Waals surface area contributed by atoms with Gasteiger partial charge in [0, 0.05) is 16.5 Å². The number of rotatable bonds is 4. The Labute approximate surface area is 153 Å². The molecule has 0 amide bonds. The number of benzene rings is 1. The largest absolute Gasteiger partial charge is 0.313 e. The summed E-state index contributed by atoms with van der Waals surface area (Å²) in [7, 11) is 0. The van der Waals surface area contributed by atoms with E-state index < -0.39 is 0 Å². The second-order valence-corrected chi connectivity index (χ2v) is 6.92. The lowest BCUT2D eigenvalue weighted by Crippen LogP contribution is -2.33. The van der Waals surface area contributed by atoms with E-state index in [1.807, 2.05) is 46.7 Å². The van der Waals surface area contributed by atoms with E-state index in [1.165, 1.54) is 11.3 Å². The van der Waals surface area contributed by atoms with E-state index in [0.29, 0.717) is 11.6 Å². The second-order valence-electron chi connectivity index (χ2n) is 4.48. The molecule has 0 saturated carbocycles. The number of thiophene rings is 1. The molecule has 1 aromatic carbocycles. The van der Waals surface area contributed by atoms with Gasteiger partial charge in [0.1, 0.15) is 0 Å². The zero-order valence-electron chi connectivity index (χ0n) is 11.6. The lowest BCUT2D eigenvalue weighted by atomic mass is 10.2. The molecule has 3 nitrogen and oxygen atoms in total. The van der Waals surface area contributed by atoms with Gasteiger partial charge < -0.3 is 4.90 Å². The summed E-state index contributed by atoms with van der Waals surface area (Å²) in [4.78, 5) is 19.6. The lowest BCUT2D eigenvalue weighted by Gasteiger charge is -2.23. The fourth-order valence-corrected chi connectivity index (χ4v) is 3.69. The Morgan fingerprint density at radius 2 is 2.05 bits per heavy atom. The van der Waals surface area contributed by atoms with Crippen molar-refractivity contribution in [3.05, 3.63) is 51.7 Å². The Hall–Kier alpha value is -0.820. The number of carbonyl (C=O) groups excluding carboxylic acids is 1. The van der Waals surface area contributed by atoms with Crippen molar-refractivity contribution in [2.45, 2.75) is 0 Å². The minimum Gasteiger partial charge on any atom is -0.313 e. The van der Waals surface area contributed by atoms with E-state index in [0.717, 1.165) is 28.0 Å². The number of hydrogen-bond acceptors (Lipinski definition) is 5. The molecule has 0 unspecified atom stereocenters. The summed E-state index contributed by atoms with van der Waals surface area (Å²) in [6.45, 7) is 1.10. The fourth-order valence-electron chi connectivity index (χ4n) is 2.04. The van der Waals surface area contributed by atoms with Crippen molar-refractivity contribution >= 4 is 68.3 Å². The summed E-state index contributed by atoms with van der Waals surface area (Å²) in [5.74, 6) is 1.07. The van der Waals surface area contributed by atoms with Crippen molar-refractivity contribution in [2.75, 3.05) is 23.7 Å². The normalized spacial score (nSPS) is 13.4. The highest BCUT2D eigenvalue weighted by molar-refractivity contribution is 8.93. The zero-order chi connectivity index (χ0) is 14.7. The lowest BCUT2D eigenvalue weighted by molar-refractivity contribution is 0.101. The molecule has 0 radical (unpaired) electrons. The smallest absolute Gasteiger partial charge is 0.192 e. The van der Waals surface area contributed by atoms with Crippen molar-refractivity contribution in [1.29, 1.82) is 0 Å². The number of hydrogen-bond donors (Lipinski definition) is 0. The first-order valence-corrected chi connectivity index (χ1v) is 8.75. The van der Waals surface area contributed by atoms with E-state index in [9.17, 15) is 4.79 Å². The third-order valence-electron chi connectivity index (χ3n) is 3.04. The molecule has 0 spiro atoms. The molecule has 22 heavy (non-hydrogen) atoms. The van der Waals surface area contributed by atoms with Gasteiger partial charge in [0.2, 0.25) is 0 Å². The van der Waals surface area contributed by atoms with Crippen LogP contribution in [0.5, 0.6) is 0 Å². The Morgan fingerprint density at radius 3 is 2.64 bits per heavy atom. The van der Waals surface area contributed by atoms with Gasteiger partial charge in [-0.15, -0.1) is 28.3 Å². The summed E-state index contributed by atoms with van der Waals surface area (Å²) < 4.78 is 0. The number of carbonyl (C=O) groups is 1.